The fraction of sp³-hybridized carbons (Fsp3) is 0.462. The quantitative estimate of drug-likeness (QED) is 0.583. The van der Waals surface area contributed by atoms with Crippen molar-refractivity contribution >= 4 is 33.9 Å². The van der Waals surface area contributed by atoms with Gasteiger partial charge in [0.2, 0.25) is 5.91 Å². The number of carbonyl (C=O) groups excluding carboxylic acids is 2. The third-order valence-corrected chi connectivity index (χ3v) is 4.86. The second kappa shape index (κ2) is 4.90. The second-order valence-corrected chi connectivity index (χ2v) is 6.16. The number of carbonyl (C=O) groups is 2. The van der Waals surface area contributed by atoms with Crippen LogP contribution in [0, 0.1) is 5.92 Å². The number of anilines is 1. The Balaban J connectivity index is 2.02. The van der Waals surface area contributed by atoms with Crippen LogP contribution in [0.3, 0.4) is 0 Å². The van der Waals surface area contributed by atoms with Gasteiger partial charge in [-0.15, -0.1) is 11.3 Å². The first-order chi connectivity index (χ1) is 9.61. The molecule has 0 aromatic carbocycles. The third kappa shape index (κ3) is 2.18. The molecule has 0 radical (unpaired) electrons. The molecule has 0 unspecified atom stereocenters. The zero-order valence-electron chi connectivity index (χ0n) is 10.8. The Bertz CT molecular complexity index is 617. The van der Waals surface area contributed by atoms with Gasteiger partial charge in [-0.3, -0.25) is 9.59 Å². The molecule has 1 aromatic heterocycles. The van der Waals surface area contributed by atoms with E-state index in [1.165, 1.54) is 11.3 Å². The molecule has 2 aliphatic carbocycles. The van der Waals surface area contributed by atoms with Crippen LogP contribution in [0.4, 0.5) is 5.00 Å². The van der Waals surface area contributed by atoms with Crippen LogP contribution in [0.5, 0.6) is 0 Å². The zero-order valence-corrected chi connectivity index (χ0v) is 11.6. The summed E-state index contributed by atoms with van der Waals surface area (Å²) in [6.07, 6.45) is 3.97. The molecule has 1 saturated carbocycles. The van der Waals surface area contributed by atoms with Gasteiger partial charge in [0.1, 0.15) is 5.00 Å². The van der Waals surface area contributed by atoms with Crippen LogP contribution in [0.25, 0.3) is 0 Å². The largest absolute Gasteiger partial charge is 0.411 e. The zero-order chi connectivity index (χ0) is 14.3. The highest BCUT2D eigenvalue weighted by Gasteiger charge is 2.33. The molecule has 7 heteroatoms. The molecule has 2 aliphatic rings. The molecule has 2 amide bonds. The summed E-state index contributed by atoms with van der Waals surface area (Å²) in [4.78, 5) is 24.3. The van der Waals surface area contributed by atoms with Gasteiger partial charge in [-0.2, -0.15) is 0 Å². The number of oxime groups is 1. The molecule has 4 N–H and O–H groups in total. The number of rotatable bonds is 3. The van der Waals surface area contributed by atoms with Crippen LogP contribution in [0.1, 0.15) is 46.5 Å². The molecule has 20 heavy (non-hydrogen) atoms. The van der Waals surface area contributed by atoms with Crippen LogP contribution in [0.15, 0.2) is 5.16 Å². The summed E-state index contributed by atoms with van der Waals surface area (Å²) in [6.45, 7) is 0. The summed E-state index contributed by atoms with van der Waals surface area (Å²) in [5.41, 5.74) is 7.19. The second-order valence-electron chi connectivity index (χ2n) is 5.14. The predicted octanol–water partition coefficient (Wildman–Crippen LogP) is 1.71. The minimum atomic E-state index is -0.548. The molecule has 0 spiro atoms. The lowest BCUT2D eigenvalue weighted by Gasteiger charge is -2.12. The van der Waals surface area contributed by atoms with E-state index in [1.54, 1.807) is 0 Å². The predicted molar refractivity (Wildman–Crippen MR) is 75.5 cm³/mol. The van der Waals surface area contributed by atoms with Gasteiger partial charge in [-0.05, 0) is 37.7 Å². The topological polar surface area (TPSA) is 105 Å². The van der Waals surface area contributed by atoms with Gasteiger partial charge in [0.25, 0.3) is 5.91 Å². The fourth-order valence-corrected chi connectivity index (χ4v) is 3.76. The fourth-order valence-electron chi connectivity index (χ4n) is 2.49. The SMILES string of the molecule is NC(=O)c1c(NC(=O)C2CC2)sc2c1CCCC2=NO. The van der Waals surface area contributed by atoms with Crippen molar-refractivity contribution in [2.45, 2.75) is 32.1 Å². The van der Waals surface area contributed by atoms with Crippen LogP contribution in [0.2, 0.25) is 0 Å². The normalized spacial score (nSPS) is 19.7. The van der Waals surface area contributed by atoms with Crippen LogP contribution in [-0.4, -0.2) is 22.7 Å². The smallest absolute Gasteiger partial charge is 0.252 e. The van der Waals surface area contributed by atoms with Gasteiger partial charge >= 0.3 is 0 Å². The van der Waals surface area contributed by atoms with Crippen molar-refractivity contribution in [3.63, 3.8) is 0 Å². The lowest BCUT2D eigenvalue weighted by molar-refractivity contribution is -0.117. The van der Waals surface area contributed by atoms with E-state index in [1.807, 2.05) is 0 Å². The number of nitrogens with one attached hydrogen (secondary N) is 1. The molecular weight excluding hydrogens is 278 g/mol. The maximum atomic E-state index is 11.9. The molecule has 1 heterocycles. The van der Waals surface area contributed by atoms with Crippen molar-refractivity contribution in [2.75, 3.05) is 5.32 Å². The molecule has 0 bridgehead atoms. The molecule has 3 rings (SSSR count). The average molecular weight is 293 g/mol. The van der Waals surface area contributed by atoms with Crippen molar-refractivity contribution in [1.82, 2.24) is 0 Å². The first-order valence-corrected chi connectivity index (χ1v) is 7.41. The summed E-state index contributed by atoms with van der Waals surface area (Å²) in [5, 5.41) is 15.6. The molecular formula is C13H15N3O3S. The van der Waals surface area contributed by atoms with Gasteiger partial charge in [0.15, 0.2) is 0 Å². The summed E-state index contributed by atoms with van der Waals surface area (Å²) in [6, 6.07) is 0. The van der Waals surface area contributed by atoms with E-state index in [9.17, 15) is 9.59 Å². The van der Waals surface area contributed by atoms with E-state index in [4.69, 9.17) is 10.9 Å². The minimum Gasteiger partial charge on any atom is -0.411 e. The highest BCUT2D eigenvalue weighted by molar-refractivity contribution is 7.19. The van der Waals surface area contributed by atoms with Gasteiger partial charge < -0.3 is 16.3 Å². The molecule has 1 aromatic rings. The molecule has 0 atom stereocenters. The molecule has 1 fully saturated rings. The Kier molecular flexibility index (Phi) is 3.21. The van der Waals surface area contributed by atoms with Crippen LogP contribution >= 0.6 is 11.3 Å². The maximum Gasteiger partial charge on any atom is 0.252 e. The van der Waals surface area contributed by atoms with Crippen LogP contribution in [-0.2, 0) is 11.2 Å². The van der Waals surface area contributed by atoms with Crippen LogP contribution < -0.4 is 11.1 Å². The van der Waals surface area contributed by atoms with Gasteiger partial charge in [-0.25, -0.2) is 0 Å². The number of hydrogen-bond donors (Lipinski definition) is 3. The summed E-state index contributed by atoms with van der Waals surface area (Å²) in [5.74, 6) is -0.554. The highest BCUT2D eigenvalue weighted by Crippen LogP contribution is 2.39. The molecule has 0 aliphatic heterocycles. The Morgan fingerprint density at radius 3 is 2.70 bits per heavy atom. The van der Waals surface area contributed by atoms with Gasteiger partial charge in [0.05, 0.1) is 16.2 Å². The molecule has 106 valence electrons. The molecule has 6 nitrogen and oxygen atoms in total. The van der Waals surface area contributed by atoms with Crippen molar-refractivity contribution in [3.8, 4) is 0 Å². The maximum absolute atomic E-state index is 11.9. The number of amides is 2. The Morgan fingerprint density at radius 1 is 1.35 bits per heavy atom. The first kappa shape index (κ1) is 13.1. The summed E-state index contributed by atoms with van der Waals surface area (Å²) < 4.78 is 0. The van der Waals surface area contributed by atoms with E-state index in [-0.39, 0.29) is 11.8 Å². The van der Waals surface area contributed by atoms with Crippen molar-refractivity contribution in [1.29, 1.82) is 0 Å². The van der Waals surface area contributed by atoms with E-state index >= 15 is 0 Å². The number of nitrogens with two attached hydrogens (primary N) is 1. The Labute approximate surface area is 119 Å². The summed E-state index contributed by atoms with van der Waals surface area (Å²) in [7, 11) is 0. The molecule has 0 saturated heterocycles. The number of primary amides is 1. The first-order valence-electron chi connectivity index (χ1n) is 6.59. The number of nitrogens with zero attached hydrogens (tertiary/aromatic N) is 1. The lowest BCUT2D eigenvalue weighted by atomic mass is 9.94. The van der Waals surface area contributed by atoms with Crippen molar-refractivity contribution in [3.05, 3.63) is 16.0 Å². The number of thiophene rings is 1. The lowest BCUT2D eigenvalue weighted by Crippen LogP contribution is -2.19. The Morgan fingerprint density at radius 2 is 2.10 bits per heavy atom. The number of hydrogen-bond acceptors (Lipinski definition) is 5. The monoisotopic (exact) mass is 293 g/mol. The summed E-state index contributed by atoms with van der Waals surface area (Å²) >= 11 is 1.27. The highest BCUT2D eigenvalue weighted by atomic mass is 32.1. The van der Waals surface area contributed by atoms with Gasteiger partial charge in [0, 0.05) is 5.92 Å². The van der Waals surface area contributed by atoms with E-state index < -0.39 is 5.91 Å². The van der Waals surface area contributed by atoms with Crippen molar-refractivity contribution < 1.29 is 14.8 Å². The van der Waals surface area contributed by atoms with Gasteiger partial charge in [-0.1, -0.05) is 5.16 Å². The van der Waals surface area contributed by atoms with E-state index in [2.05, 4.69) is 10.5 Å². The van der Waals surface area contributed by atoms with Crippen molar-refractivity contribution in [2.24, 2.45) is 16.8 Å². The van der Waals surface area contributed by atoms with E-state index in [0.29, 0.717) is 29.1 Å². The standard InChI is InChI=1S/C13H15N3O3S/c14-11(17)9-7-2-1-3-8(16-19)10(7)20-13(9)15-12(18)6-4-5-6/h6,19H,1-5H2,(H2,14,17)(H,15,18). The third-order valence-electron chi connectivity index (χ3n) is 3.66. The minimum absolute atomic E-state index is 0.0563. The number of fused-ring (bicyclic) bond motifs is 1. The van der Waals surface area contributed by atoms with E-state index in [0.717, 1.165) is 29.7 Å². The average Bonchev–Trinajstić information content (AvgIpc) is 3.19. The Hall–Kier alpha value is -1.89.